The van der Waals surface area contributed by atoms with Gasteiger partial charge in [-0.2, -0.15) is 0 Å². The molecule has 0 radical (unpaired) electrons. The Bertz CT molecular complexity index is 325. The lowest BCUT2D eigenvalue weighted by molar-refractivity contribution is -0.148. The molecular weight excluding hydrogens is 196 g/mol. The van der Waals surface area contributed by atoms with Crippen molar-refractivity contribution in [2.24, 2.45) is 0 Å². The predicted octanol–water partition coefficient (Wildman–Crippen LogP) is 0.637. The maximum Gasteiger partial charge on any atom is 0.309 e. The third kappa shape index (κ3) is 3.28. The van der Waals surface area contributed by atoms with Gasteiger partial charge in [-0.05, 0) is 13.8 Å². The highest BCUT2D eigenvalue weighted by atomic mass is 16.5. The molecule has 0 aliphatic heterocycles. The van der Waals surface area contributed by atoms with Gasteiger partial charge >= 0.3 is 5.97 Å². The van der Waals surface area contributed by atoms with E-state index in [0.717, 1.165) is 0 Å². The maximum absolute atomic E-state index is 11.2. The van der Waals surface area contributed by atoms with Crippen LogP contribution in [0, 0.1) is 0 Å². The number of rotatable bonds is 4. The van der Waals surface area contributed by atoms with Gasteiger partial charge in [0.2, 0.25) is 0 Å². The first kappa shape index (κ1) is 11.6. The number of carbonyl (C=O) groups is 1. The van der Waals surface area contributed by atoms with Crippen LogP contribution in [-0.2, 0) is 15.1 Å². The topological polar surface area (TPSA) is 72.3 Å². The first-order valence-corrected chi connectivity index (χ1v) is 4.70. The number of carbonyl (C=O) groups excluding carboxylic acids is 1. The molecule has 1 N–H and O–H groups in total. The van der Waals surface area contributed by atoms with Crippen LogP contribution >= 0.6 is 0 Å². The zero-order valence-corrected chi connectivity index (χ0v) is 8.80. The molecule has 0 saturated carbocycles. The Kier molecular flexibility index (Phi) is 3.74. The highest BCUT2D eigenvalue weighted by molar-refractivity contribution is 5.70. The van der Waals surface area contributed by atoms with Gasteiger partial charge in [0, 0.05) is 12.4 Å². The lowest BCUT2D eigenvalue weighted by Gasteiger charge is -2.20. The summed E-state index contributed by atoms with van der Waals surface area (Å²) in [5.74, 6) is -0.451. The van der Waals surface area contributed by atoms with Crippen molar-refractivity contribution >= 4 is 5.97 Å². The highest BCUT2D eigenvalue weighted by Gasteiger charge is 2.28. The van der Waals surface area contributed by atoms with Crippen molar-refractivity contribution in [2.75, 3.05) is 6.61 Å². The standard InChI is InChI=1S/C10H14N2O3/c1-3-15-9(13)6-10(2,14)8-7-11-4-5-12-8/h4-5,7,14H,3,6H2,1-2H3. The Morgan fingerprint density at radius 3 is 2.87 bits per heavy atom. The molecule has 0 bridgehead atoms. The minimum absolute atomic E-state index is 0.125. The van der Waals surface area contributed by atoms with E-state index < -0.39 is 11.6 Å². The molecule has 1 aromatic heterocycles. The number of ether oxygens (including phenoxy) is 1. The van der Waals surface area contributed by atoms with E-state index in [9.17, 15) is 9.90 Å². The number of esters is 1. The fraction of sp³-hybridized carbons (Fsp3) is 0.500. The molecule has 0 fully saturated rings. The molecule has 0 aliphatic carbocycles. The average Bonchev–Trinajstić information content (AvgIpc) is 2.18. The van der Waals surface area contributed by atoms with Crippen molar-refractivity contribution in [1.82, 2.24) is 9.97 Å². The van der Waals surface area contributed by atoms with Crippen LogP contribution in [0.1, 0.15) is 26.0 Å². The molecule has 1 unspecified atom stereocenters. The van der Waals surface area contributed by atoms with Crippen molar-refractivity contribution in [2.45, 2.75) is 25.9 Å². The average molecular weight is 210 g/mol. The lowest BCUT2D eigenvalue weighted by atomic mass is 9.99. The van der Waals surface area contributed by atoms with Crippen LogP contribution in [-0.4, -0.2) is 27.7 Å². The molecule has 0 amide bonds. The molecule has 0 aliphatic rings. The molecule has 1 aromatic rings. The van der Waals surface area contributed by atoms with Crippen LogP contribution in [0.15, 0.2) is 18.6 Å². The normalized spacial score (nSPS) is 14.3. The molecule has 0 aromatic carbocycles. The lowest BCUT2D eigenvalue weighted by Crippen LogP contribution is -2.27. The van der Waals surface area contributed by atoms with Crippen LogP contribution < -0.4 is 0 Å². The molecule has 5 nitrogen and oxygen atoms in total. The van der Waals surface area contributed by atoms with Crippen LogP contribution in [0.25, 0.3) is 0 Å². The Labute approximate surface area is 88.1 Å². The van der Waals surface area contributed by atoms with Gasteiger partial charge in [-0.1, -0.05) is 0 Å². The maximum atomic E-state index is 11.2. The largest absolute Gasteiger partial charge is 0.466 e. The van der Waals surface area contributed by atoms with E-state index in [-0.39, 0.29) is 6.42 Å². The van der Waals surface area contributed by atoms with Gasteiger partial charge in [0.1, 0.15) is 5.60 Å². The van der Waals surface area contributed by atoms with Crippen molar-refractivity contribution in [3.63, 3.8) is 0 Å². The van der Waals surface area contributed by atoms with Gasteiger partial charge in [-0.3, -0.25) is 14.8 Å². The summed E-state index contributed by atoms with van der Waals surface area (Å²) < 4.78 is 4.75. The van der Waals surface area contributed by atoms with Gasteiger partial charge in [-0.15, -0.1) is 0 Å². The van der Waals surface area contributed by atoms with Crippen LogP contribution in [0.4, 0.5) is 0 Å². The van der Waals surface area contributed by atoms with Crippen LogP contribution in [0.2, 0.25) is 0 Å². The summed E-state index contributed by atoms with van der Waals surface area (Å²) >= 11 is 0. The molecular formula is C10H14N2O3. The molecule has 0 saturated heterocycles. The van der Waals surface area contributed by atoms with E-state index in [1.807, 2.05) is 0 Å². The van der Waals surface area contributed by atoms with Gasteiger partial charge < -0.3 is 9.84 Å². The van der Waals surface area contributed by atoms with Crippen molar-refractivity contribution < 1.29 is 14.6 Å². The number of nitrogens with zero attached hydrogens (tertiary/aromatic N) is 2. The minimum Gasteiger partial charge on any atom is -0.466 e. The van der Waals surface area contributed by atoms with Gasteiger partial charge in [0.05, 0.1) is 24.9 Å². The minimum atomic E-state index is -1.33. The molecule has 15 heavy (non-hydrogen) atoms. The van der Waals surface area contributed by atoms with E-state index in [1.54, 1.807) is 6.92 Å². The Balaban J connectivity index is 2.71. The predicted molar refractivity (Wildman–Crippen MR) is 52.9 cm³/mol. The Hall–Kier alpha value is -1.49. The van der Waals surface area contributed by atoms with Crippen molar-refractivity contribution in [3.05, 3.63) is 24.3 Å². The zero-order chi connectivity index (χ0) is 11.3. The van der Waals surface area contributed by atoms with E-state index in [4.69, 9.17) is 4.74 Å². The van der Waals surface area contributed by atoms with E-state index >= 15 is 0 Å². The third-order valence-corrected chi connectivity index (χ3v) is 1.91. The van der Waals surface area contributed by atoms with Gasteiger partial charge in [0.25, 0.3) is 0 Å². The van der Waals surface area contributed by atoms with Crippen LogP contribution in [0.5, 0.6) is 0 Å². The van der Waals surface area contributed by atoms with Gasteiger partial charge in [0.15, 0.2) is 0 Å². The molecule has 1 heterocycles. The summed E-state index contributed by atoms with van der Waals surface area (Å²) in [4.78, 5) is 19.0. The number of aliphatic hydroxyl groups is 1. The summed E-state index contributed by atoms with van der Waals surface area (Å²) in [6, 6.07) is 0. The summed E-state index contributed by atoms with van der Waals surface area (Å²) in [6.45, 7) is 3.53. The molecule has 0 spiro atoms. The highest BCUT2D eigenvalue weighted by Crippen LogP contribution is 2.21. The monoisotopic (exact) mass is 210 g/mol. The summed E-state index contributed by atoms with van der Waals surface area (Å²) in [5.41, 5.74) is -0.974. The van der Waals surface area contributed by atoms with Gasteiger partial charge in [-0.25, -0.2) is 0 Å². The molecule has 1 rings (SSSR count). The zero-order valence-electron chi connectivity index (χ0n) is 8.80. The second-order valence-corrected chi connectivity index (χ2v) is 3.35. The molecule has 5 heteroatoms. The number of hydrogen-bond acceptors (Lipinski definition) is 5. The second kappa shape index (κ2) is 4.84. The fourth-order valence-corrected chi connectivity index (χ4v) is 1.16. The van der Waals surface area contributed by atoms with E-state index in [2.05, 4.69) is 9.97 Å². The fourth-order valence-electron chi connectivity index (χ4n) is 1.16. The summed E-state index contributed by atoms with van der Waals surface area (Å²) in [6.07, 6.45) is 4.28. The first-order chi connectivity index (χ1) is 7.06. The quantitative estimate of drug-likeness (QED) is 0.738. The summed E-state index contributed by atoms with van der Waals surface area (Å²) in [5, 5.41) is 9.98. The Morgan fingerprint density at radius 2 is 2.33 bits per heavy atom. The Morgan fingerprint density at radius 1 is 1.60 bits per heavy atom. The van der Waals surface area contributed by atoms with Crippen LogP contribution in [0.3, 0.4) is 0 Å². The second-order valence-electron chi connectivity index (χ2n) is 3.35. The molecule has 1 atom stereocenters. The number of hydrogen-bond donors (Lipinski definition) is 1. The van der Waals surface area contributed by atoms with Crippen molar-refractivity contribution in [1.29, 1.82) is 0 Å². The van der Waals surface area contributed by atoms with Crippen molar-refractivity contribution in [3.8, 4) is 0 Å². The smallest absolute Gasteiger partial charge is 0.309 e. The van der Waals surface area contributed by atoms with E-state index in [0.29, 0.717) is 12.3 Å². The summed E-state index contributed by atoms with van der Waals surface area (Å²) in [7, 11) is 0. The van der Waals surface area contributed by atoms with E-state index in [1.165, 1.54) is 25.5 Å². The number of aromatic nitrogens is 2. The molecule has 82 valence electrons. The first-order valence-electron chi connectivity index (χ1n) is 4.70. The third-order valence-electron chi connectivity index (χ3n) is 1.91. The SMILES string of the molecule is CCOC(=O)CC(C)(O)c1cnccn1.